The number of hydrogen-bond acceptors (Lipinski definition) is 2. The molecule has 0 rings (SSSR count). The summed E-state index contributed by atoms with van der Waals surface area (Å²) in [5.74, 6) is 0. The fourth-order valence-corrected chi connectivity index (χ4v) is 1.26. The van der Waals surface area contributed by atoms with Gasteiger partial charge in [0.1, 0.15) is 0 Å². The largest absolute Gasteiger partial charge is 0.382 e. The van der Waals surface area contributed by atoms with E-state index in [4.69, 9.17) is 4.74 Å². The Morgan fingerprint density at radius 2 is 1.64 bits per heavy atom. The molecule has 0 spiro atoms. The number of methoxy groups -OCH3 is 1. The minimum atomic E-state index is 0.417. The third-order valence-electron chi connectivity index (χ3n) is 2.38. The van der Waals surface area contributed by atoms with Crippen molar-refractivity contribution < 1.29 is 4.74 Å². The summed E-state index contributed by atoms with van der Waals surface area (Å²) >= 11 is 0. The molecule has 0 aromatic rings. The Bertz CT molecular complexity index is 92.3. The first-order valence-corrected chi connectivity index (χ1v) is 5.99. The number of nitrogens with zero attached hydrogens (tertiary/aromatic N) is 1. The Hall–Kier alpha value is -0.0800. The van der Waals surface area contributed by atoms with E-state index < -0.39 is 0 Å². The smallest absolute Gasteiger partial charge is 0.0543 e. The molecule has 0 bridgehead atoms. The van der Waals surface area contributed by atoms with Crippen molar-refractivity contribution in [2.45, 2.75) is 53.6 Å². The van der Waals surface area contributed by atoms with Crippen molar-refractivity contribution in [1.82, 2.24) is 4.90 Å². The van der Waals surface area contributed by atoms with Crippen LogP contribution in [-0.4, -0.2) is 37.7 Å². The van der Waals surface area contributed by atoms with Gasteiger partial charge in [-0.25, -0.2) is 0 Å². The van der Waals surface area contributed by atoms with Crippen LogP contribution in [0.1, 0.15) is 47.5 Å². The molecule has 2 nitrogen and oxygen atoms in total. The predicted molar refractivity (Wildman–Crippen MR) is 64.8 cm³/mol. The maximum absolute atomic E-state index is 5.18. The third kappa shape index (κ3) is 10.0. The number of ether oxygens (including phenoxy) is 1. The Morgan fingerprint density at radius 3 is 2.00 bits per heavy atom. The van der Waals surface area contributed by atoms with E-state index in [1.807, 2.05) is 13.8 Å². The molecule has 0 N–H and O–H groups in total. The molecule has 0 aliphatic carbocycles. The molecule has 2 heteroatoms. The number of hydrogen-bond donors (Lipinski definition) is 0. The van der Waals surface area contributed by atoms with Gasteiger partial charge in [0.15, 0.2) is 0 Å². The van der Waals surface area contributed by atoms with Crippen LogP contribution in [0.15, 0.2) is 0 Å². The lowest BCUT2D eigenvalue weighted by atomic mass is 10.2. The second kappa shape index (κ2) is 12.9. The van der Waals surface area contributed by atoms with Crippen LogP contribution in [-0.2, 0) is 4.74 Å². The summed E-state index contributed by atoms with van der Waals surface area (Å²) in [6.45, 7) is 14.1. The molecule has 0 fully saturated rings. The summed E-state index contributed by atoms with van der Waals surface area (Å²) in [6, 6.07) is 0. The van der Waals surface area contributed by atoms with Crippen LogP contribution in [0.25, 0.3) is 0 Å². The van der Waals surface area contributed by atoms with Gasteiger partial charge in [-0.2, -0.15) is 0 Å². The second-order valence-corrected chi connectivity index (χ2v) is 3.22. The van der Waals surface area contributed by atoms with E-state index in [9.17, 15) is 0 Å². The fraction of sp³-hybridized carbons (Fsp3) is 1.00. The van der Waals surface area contributed by atoms with E-state index in [2.05, 4.69) is 25.7 Å². The highest BCUT2D eigenvalue weighted by Crippen LogP contribution is 2.01. The Morgan fingerprint density at radius 1 is 1.14 bits per heavy atom. The van der Waals surface area contributed by atoms with E-state index in [0.29, 0.717) is 6.10 Å². The zero-order valence-corrected chi connectivity index (χ0v) is 11.0. The van der Waals surface area contributed by atoms with Crippen LogP contribution in [0.5, 0.6) is 0 Å². The van der Waals surface area contributed by atoms with Crippen LogP contribution in [0.2, 0.25) is 0 Å². The van der Waals surface area contributed by atoms with E-state index in [1.54, 1.807) is 7.11 Å². The van der Waals surface area contributed by atoms with Crippen molar-refractivity contribution in [3.63, 3.8) is 0 Å². The predicted octanol–water partition coefficient (Wildman–Crippen LogP) is 3.17. The van der Waals surface area contributed by atoms with Gasteiger partial charge in [-0.05, 0) is 39.4 Å². The maximum Gasteiger partial charge on any atom is 0.0543 e. The van der Waals surface area contributed by atoms with Crippen molar-refractivity contribution in [1.29, 1.82) is 0 Å². The van der Waals surface area contributed by atoms with Crippen molar-refractivity contribution in [2.75, 3.05) is 26.7 Å². The molecule has 0 heterocycles. The summed E-state index contributed by atoms with van der Waals surface area (Å²) in [5, 5.41) is 0. The van der Waals surface area contributed by atoms with Crippen LogP contribution < -0.4 is 0 Å². The first-order chi connectivity index (χ1) is 6.74. The summed E-state index contributed by atoms with van der Waals surface area (Å²) in [7, 11) is 1.78. The van der Waals surface area contributed by atoms with Gasteiger partial charge >= 0.3 is 0 Å². The zero-order chi connectivity index (χ0) is 11.4. The molecule has 14 heavy (non-hydrogen) atoms. The van der Waals surface area contributed by atoms with E-state index in [1.165, 1.54) is 19.4 Å². The highest BCUT2D eigenvalue weighted by Gasteiger charge is 2.01. The minimum absolute atomic E-state index is 0.417. The van der Waals surface area contributed by atoms with Crippen LogP contribution in [0, 0.1) is 0 Å². The molecule has 0 saturated carbocycles. The lowest BCUT2D eigenvalue weighted by molar-refractivity contribution is 0.105. The van der Waals surface area contributed by atoms with Gasteiger partial charge in [0.25, 0.3) is 0 Å². The van der Waals surface area contributed by atoms with Crippen LogP contribution >= 0.6 is 0 Å². The van der Waals surface area contributed by atoms with Gasteiger partial charge in [0, 0.05) is 7.11 Å². The topological polar surface area (TPSA) is 12.5 Å². The van der Waals surface area contributed by atoms with Crippen molar-refractivity contribution in [3.05, 3.63) is 0 Å². The molecule has 0 aromatic heterocycles. The zero-order valence-electron chi connectivity index (χ0n) is 11.0. The summed E-state index contributed by atoms with van der Waals surface area (Å²) in [6.07, 6.45) is 2.84. The van der Waals surface area contributed by atoms with Crippen molar-refractivity contribution in [2.24, 2.45) is 0 Å². The molecule has 1 atom stereocenters. The van der Waals surface area contributed by atoms with Gasteiger partial charge in [-0.1, -0.05) is 27.7 Å². The van der Waals surface area contributed by atoms with Crippen LogP contribution in [0.4, 0.5) is 0 Å². The molecule has 1 unspecified atom stereocenters. The molecule has 0 radical (unpaired) electrons. The summed E-state index contributed by atoms with van der Waals surface area (Å²) in [5.41, 5.74) is 0. The molecule has 88 valence electrons. The van der Waals surface area contributed by atoms with Crippen molar-refractivity contribution >= 4 is 0 Å². The Balaban J connectivity index is 0. The maximum atomic E-state index is 5.18. The molecule has 0 aliphatic rings. The van der Waals surface area contributed by atoms with Crippen LogP contribution in [0.3, 0.4) is 0 Å². The lowest BCUT2D eigenvalue weighted by Gasteiger charge is -2.18. The van der Waals surface area contributed by atoms with Gasteiger partial charge in [-0.15, -0.1) is 0 Å². The Kier molecular flexibility index (Phi) is 15.1. The normalized spacial score (nSPS) is 12.2. The quantitative estimate of drug-likeness (QED) is 0.630. The fourth-order valence-electron chi connectivity index (χ4n) is 1.26. The van der Waals surface area contributed by atoms with Gasteiger partial charge < -0.3 is 9.64 Å². The molecular formula is C12H29NO. The average Bonchev–Trinajstić information content (AvgIpc) is 2.27. The highest BCUT2D eigenvalue weighted by molar-refractivity contribution is 4.55. The van der Waals surface area contributed by atoms with E-state index in [0.717, 1.165) is 13.1 Å². The van der Waals surface area contributed by atoms with Crippen molar-refractivity contribution in [3.8, 4) is 0 Å². The Labute approximate surface area is 90.6 Å². The molecule has 0 aromatic carbocycles. The molecule has 0 amide bonds. The minimum Gasteiger partial charge on any atom is -0.382 e. The first kappa shape index (κ1) is 16.4. The van der Waals surface area contributed by atoms with Gasteiger partial charge in [0.2, 0.25) is 0 Å². The first-order valence-electron chi connectivity index (χ1n) is 5.99. The second-order valence-electron chi connectivity index (χ2n) is 3.22. The van der Waals surface area contributed by atoms with E-state index in [-0.39, 0.29) is 0 Å². The lowest BCUT2D eigenvalue weighted by Crippen LogP contribution is -2.24. The number of rotatable bonds is 7. The standard InChI is InChI=1S/C10H23NO.C2H6/c1-5-11(6-2)9-7-8-10(3)12-4;1-2/h10H,5-9H2,1-4H3;1-2H3. The molecule has 0 saturated heterocycles. The summed E-state index contributed by atoms with van der Waals surface area (Å²) in [4.78, 5) is 2.45. The molecular weight excluding hydrogens is 174 g/mol. The van der Waals surface area contributed by atoms with Gasteiger partial charge in [0.05, 0.1) is 6.10 Å². The monoisotopic (exact) mass is 203 g/mol. The third-order valence-corrected chi connectivity index (χ3v) is 2.38. The molecule has 0 aliphatic heterocycles. The average molecular weight is 203 g/mol. The summed E-state index contributed by atoms with van der Waals surface area (Å²) < 4.78 is 5.18. The van der Waals surface area contributed by atoms with E-state index >= 15 is 0 Å². The highest BCUT2D eigenvalue weighted by atomic mass is 16.5. The van der Waals surface area contributed by atoms with Gasteiger partial charge in [-0.3, -0.25) is 0 Å². The SMILES string of the molecule is CC.CCN(CC)CCCC(C)OC.